The molecular formula is C16H23ClN2O3. The molecule has 1 aliphatic heterocycles. The van der Waals surface area contributed by atoms with E-state index >= 15 is 0 Å². The number of rotatable bonds is 6. The molecule has 1 fully saturated rings. The lowest BCUT2D eigenvalue weighted by atomic mass is 9.92. The van der Waals surface area contributed by atoms with Crippen LogP contribution in [0.2, 0.25) is 5.02 Å². The van der Waals surface area contributed by atoms with Crippen molar-refractivity contribution in [2.75, 3.05) is 32.2 Å². The van der Waals surface area contributed by atoms with Crippen LogP contribution in [0.5, 0.6) is 5.75 Å². The molecule has 0 unspecified atom stereocenters. The number of para-hydroxylation sites is 1. The number of hydrogen-bond donors (Lipinski definition) is 2. The summed E-state index contributed by atoms with van der Waals surface area (Å²) in [7, 11) is 1.61. The number of halogens is 1. The zero-order valence-corrected chi connectivity index (χ0v) is 13.8. The van der Waals surface area contributed by atoms with E-state index in [-0.39, 0.29) is 11.8 Å². The van der Waals surface area contributed by atoms with Gasteiger partial charge < -0.3 is 20.1 Å². The zero-order chi connectivity index (χ0) is 15.9. The van der Waals surface area contributed by atoms with Gasteiger partial charge in [0.15, 0.2) is 5.75 Å². The number of piperidine rings is 1. The van der Waals surface area contributed by atoms with Crippen molar-refractivity contribution in [1.82, 2.24) is 5.32 Å². The average molecular weight is 327 g/mol. The minimum atomic E-state index is 0.0158. The number of anilines is 1. The molecule has 1 amide bonds. The van der Waals surface area contributed by atoms with Gasteiger partial charge in [-0.1, -0.05) is 17.7 Å². The van der Waals surface area contributed by atoms with Crippen LogP contribution in [0.25, 0.3) is 0 Å². The fourth-order valence-electron chi connectivity index (χ4n) is 2.59. The Morgan fingerprint density at radius 2 is 2.27 bits per heavy atom. The number of hydrogen-bond acceptors (Lipinski definition) is 4. The van der Waals surface area contributed by atoms with Crippen LogP contribution in [0.15, 0.2) is 18.2 Å². The van der Waals surface area contributed by atoms with Gasteiger partial charge in [-0.15, -0.1) is 0 Å². The number of carbonyl (C=O) groups is 1. The molecule has 0 saturated carbocycles. The van der Waals surface area contributed by atoms with Crippen molar-refractivity contribution in [2.45, 2.75) is 25.8 Å². The quantitative estimate of drug-likeness (QED) is 0.789. The number of nitrogens with one attached hydrogen (secondary N) is 2. The molecule has 6 heteroatoms. The average Bonchev–Trinajstić information content (AvgIpc) is 2.50. The molecule has 22 heavy (non-hydrogen) atoms. The highest BCUT2D eigenvalue weighted by Crippen LogP contribution is 2.33. The second kappa shape index (κ2) is 8.36. The van der Waals surface area contributed by atoms with E-state index in [0.29, 0.717) is 35.7 Å². The molecule has 0 aliphatic carbocycles. The SMILES string of the molecule is COCCOc1c(Cl)cccc1NC(=O)[C@H]1CCN[C@@H](C)C1. The molecule has 0 radical (unpaired) electrons. The number of carbonyl (C=O) groups excluding carboxylic acids is 1. The standard InChI is InChI=1S/C16H23ClN2O3/c1-11-10-12(6-7-18-11)16(20)19-14-5-3-4-13(17)15(14)22-9-8-21-2/h3-5,11-12,18H,6-10H2,1-2H3,(H,19,20)/t11-,12-/m0/s1. The molecule has 0 aromatic heterocycles. The highest BCUT2D eigenvalue weighted by molar-refractivity contribution is 6.32. The van der Waals surface area contributed by atoms with E-state index in [0.717, 1.165) is 19.4 Å². The molecule has 0 spiro atoms. The third-order valence-electron chi connectivity index (χ3n) is 3.75. The molecule has 1 saturated heterocycles. The maximum atomic E-state index is 12.4. The predicted octanol–water partition coefficient (Wildman–Crippen LogP) is 2.69. The van der Waals surface area contributed by atoms with Crippen molar-refractivity contribution in [1.29, 1.82) is 0 Å². The molecule has 2 N–H and O–H groups in total. The monoisotopic (exact) mass is 326 g/mol. The number of amides is 1. The molecule has 1 aliphatic rings. The van der Waals surface area contributed by atoms with Gasteiger partial charge in [0.1, 0.15) is 6.61 Å². The summed E-state index contributed by atoms with van der Waals surface area (Å²) >= 11 is 6.17. The van der Waals surface area contributed by atoms with Crippen LogP contribution in [0.1, 0.15) is 19.8 Å². The van der Waals surface area contributed by atoms with Gasteiger partial charge in [0.05, 0.1) is 17.3 Å². The molecule has 2 atom stereocenters. The van der Waals surface area contributed by atoms with Crippen molar-refractivity contribution in [2.24, 2.45) is 5.92 Å². The van der Waals surface area contributed by atoms with E-state index in [1.54, 1.807) is 25.3 Å². The number of methoxy groups -OCH3 is 1. The van der Waals surface area contributed by atoms with Crippen LogP contribution in [0.4, 0.5) is 5.69 Å². The molecular weight excluding hydrogens is 304 g/mol. The van der Waals surface area contributed by atoms with Crippen molar-refractivity contribution in [3.05, 3.63) is 23.2 Å². The topological polar surface area (TPSA) is 59.6 Å². The number of ether oxygens (including phenoxy) is 2. The minimum absolute atomic E-state index is 0.0158. The van der Waals surface area contributed by atoms with Gasteiger partial charge in [0.25, 0.3) is 0 Å². The second-order valence-electron chi connectivity index (χ2n) is 5.52. The van der Waals surface area contributed by atoms with Crippen LogP contribution in [0, 0.1) is 5.92 Å². The third-order valence-corrected chi connectivity index (χ3v) is 4.05. The molecule has 1 aromatic rings. The lowest BCUT2D eigenvalue weighted by Crippen LogP contribution is -2.40. The first kappa shape index (κ1) is 17.1. The van der Waals surface area contributed by atoms with E-state index in [1.165, 1.54) is 0 Å². The number of benzene rings is 1. The Kier molecular flexibility index (Phi) is 6.49. The zero-order valence-electron chi connectivity index (χ0n) is 13.0. The molecule has 1 aromatic carbocycles. The fourth-order valence-corrected chi connectivity index (χ4v) is 2.81. The highest BCUT2D eigenvalue weighted by atomic mass is 35.5. The Balaban J connectivity index is 2.04. The van der Waals surface area contributed by atoms with E-state index in [1.807, 2.05) is 0 Å². The van der Waals surface area contributed by atoms with Crippen LogP contribution in [-0.2, 0) is 9.53 Å². The van der Waals surface area contributed by atoms with Gasteiger partial charge in [0.2, 0.25) is 5.91 Å². The van der Waals surface area contributed by atoms with Crippen LogP contribution in [-0.4, -0.2) is 38.8 Å². The van der Waals surface area contributed by atoms with Crippen LogP contribution in [0.3, 0.4) is 0 Å². The predicted molar refractivity (Wildman–Crippen MR) is 87.6 cm³/mol. The van der Waals surface area contributed by atoms with Crippen molar-refractivity contribution in [3.8, 4) is 5.75 Å². The molecule has 5 nitrogen and oxygen atoms in total. The Hall–Kier alpha value is -1.30. The van der Waals surface area contributed by atoms with E-state index in [4.69, 9.17) is 21.1 Å². The van der Waals surface area contributed by atoms with Gasteiger partial charge in [-0.2, -0.15) is 0 Å². The summed E-state index contributed by atoms with van der Waals surface area (Å²) in [6.45, 7) is 3.81. The largest absolute Gasteiger partial charge is 0.487 e. The van der Waals surface area contributed by atoms with Crippen LogP contribution >= 0.6 is 11.6 Å². The first-order chi connectivity index (χ1) is 10.6. The molecule has 2 rings (SSSR count). The summed E-state index contributed by atoms with van der Waals surface area (Å²) in [5.74, 6) is 0.533. The summed E-state index contributed by atoms with van der Waals surface area (Å²) in [5, 5.41) is 6.78. The highest BCUT2D eigenvalue weighted by Gasteiger charge is 2.25. The summed E-state index contributed by atoms with van der Waals surface area (Å²) in [5.41, 5.74) is 0.611. The third kappa shape index (κ3) is 4.60. The Labute approximate surface area is 136 Å². The summed E-state index contributed by atoms with van der Waals surface area (Å²) < 4.78 is 10.6. The minimum Gasteiger partial charge on any atom is -0.487 e. The van der Waals surface area contributed by atoms with Gasteiger partial charge in [-0.05, 0) is 38.4 Å². The smallest absolute Gasteiger partial charge is 0.227 e. The van der Waals surface area contributed by atoms with Crippen LogP contribution < -0.4 is 15.4 Å². The first-order valence-corrected chi connectivity index (χ1v) is 7.94. The second-order valence-corrected chi connectivity index (χ2v) is 5.93. The summed E-state index contributed by atoms with van der Waals surface area (Å²) in [6.07, 6.45) is 1.68. The molecule has 0 bridgehead atoms. The Morgan fingerprint density at radius 1 is 1.45 bits per heavy atom. The van der Waals surface area contributed by atoms with Crippen molar-refractivity contribution >= 4 is 23.2 Å². The van der Waals surface area contributed by atoms with Crippen molar-refractivity contribution < 1.29 is 14.3 Å². The van der Waals surface area contributed by atoms with Crippen molar-refractivity contribution in [3.63, 3.8) is 0 Å². The van der Waals surface area contributed by atoms with E-state index < -0.39 is 0 Å². The summed E-state index contributed by atoms with van der Waals surface area (Å²) in [4.78, 5) is 12.4. The van der Waals surface area contributed by atoms with Gasteiger partial charge in [-0.25, -0.2) is 0 Å². The molecule has 1 heterocycles. The van der Waals surface area contributed by atoms with Gasteiger partial charge in [-0.3, -0.25) is 4.79 Å². The Bertz CT molecular complexity index is 510. The van der Waals surface area contributed by atoms with E-state index in [9.17, 15) is 4.79 Å². The van der Waals surface area contributed by atoms with E-state index in [2.05, 4.69) is 17.6 Å². The first-order valence-electron chi connectivity index (χ1n) is 7.56. The summed E-state index contributed by atoms with van der Waals surface area (Å²) in [6, 6.07) is 5.70. The van der Waals surface area contributed by atoms with Gasteiger partial charge >= 0.3 is 0 Å². The maximum absolute atomic E-state index is 12.4. The lowest BCUT2D eigenvalue weighted by molar-refractivity contribution is -0.120. The maximum Gasteiger partial charge on any atom is 0.227 e. The lowest BCUT2D eigenvalue weighted by Gasteiger charge is -2.27. The normalized spacial score (nSPS) is 21.4. The molecule has 122 valence electrons. The van der Waals surface area contributed by atoms with Gasteiger partial charge in [0, 0.05) is 19.1 Å². The Morgan fingerprint density at radius 3 is 3.00 bits per heavy atom. The fraction of sp³-hybridized carbons (Fsp3) is 0.562.